The van der Waals surface area contributed by atoms with Crippen LogP contribution < -0.4 is 10.6 Å². The fraction of sp³-hybridized carbons (Fsp3) is 0.316. The molecular formula is C19H20ClFN4O4. The van der Waals surface area contributed by atoms with Crippen molar-refractivity contribution >= 4 is 29.4 Å². The largest absolute Gasteiger partial charge is 0.467 e. The lowest BCUT2D eigenvalue weighted by Gasteiger charge is -2.34. The van der Waals surface area contributed by atoms with Gasteiger partial charge in [-0.1, -0.05) is 11.6 Å². The number of rotatable bonds is 5. The van der Waals surface area contributed by atoms with Crippen LogP contribution in [0.3, 0.4) is 0 Å². The van der Waals surface area contributed by atoms with E-state index in [2.05, 4.69) is 10.6 Å². The van der Waals surface area contributed by atoms with E-state index in [1.54, 1.807) is 12.1 Å². The number of urea groups is 1. The Labute approximate surface area is 171 Å². The fourth-order valence-corrected chi connectivity index (χ4v) is 3.11. The molecule has 0 atom stereocenters. The van der Waals surface area contributed by atoms with Crippen molar-refractivity contribution in [3.05, 3.63) is 58.8 Å². The topological polar surface area (TPSA) is 94.9 Å². The SMILES string of the molecule is O=C(CN1CCN(C(=O)c2cc(Cl)ccc2F)CC1)NC(=O)NCc1ccco1. The van der Waals surface area contributed by atoms with E-state index in [1.165, 1.54) is 23.3 Å². The molecule has 2 aromatic rings. The smallest absolute Gasteiger partial charge is 0.321 e. The molecule has 1 fully saturated rings. The first-order valence-corrected chi connectivity index (χ1v) is 9.37. The average Bonchev–Trinajstić information content (AvgIpc) is 3.22. The molecule has 4 amide bonds. The Morgan fingerprint density at radius 1 is 1.14 bits per heavy atom. The highest BCUT2D eigenvalue weighted by molar-refractivity contribution is 6.31. The third kappa shape index (κ3) is 5.78. The van der Waals surface area contributed by atoms with Crippen LogP contribution in [0.1, 0.15) is 16.1 Å². The highest BCUT2D eigenvalue weighted by Crippen LogP contribution is 2.17. The van der Waals surface area contributed by atoms with Gasteiger partial charge >= 0.3 is 6.03 Å². The Kier molecular flexibility index (Phi) is 6.84. The predicted molar refractivity (Wildman–Crippen MR) is 103 cm³/mol. The molecule has 2 N–H and O–H groups in total. The summed E-state index contributed by atoms with van der Waals surface area (Å²) < 4.78 is 19.0. The molecule has 1 aromatic carbocycles. The van der Waals surface area contributed by atoms with Crippen molar-refractivity contribution in [1.82, 2.24) is 20.4 Å². The number of benzene rings is 1. The lowest BCUT2D eigenvalue weighted by atomic mass is 10.1. The molecule has 0 unspecified atom stereocenters. The van der Waals surface area contributed by atoms with Gasteiger partial charge in [0.1, 0.15) is 11.6 Å². The molecule has 154 valence electrons. The maximum atomic E-state index is 13.9. The summed E-state index contributed by atoms with van der Waals surface area (Å²) in [5.41, 5.74) is -0.0723. The minimum absolute atomic E-state index is 0.0156. The van der Waals surface area contributed by atoms with Gasteiger partial charge in [-0.3, -0.25) is 19.8 Å². The lowest BCUT2D eigenvalue weighted by Crippen LogP contribution is -2.52. The van der Waals surface area contributed by atoms with Gasteiger partial charge < -0.3 is 14.6 Å². The zero-order valence-electron chi connectivity index (χ0n) is 15.5. The monoisotopic (exact) mass is 422 g/mol. The molecule has 0 aliphatic carbocycles. The van der Waals surface area contributed by atoms with Crippen molar-refractivity contribution in [1.29, 1.82) is 0 Å². The van der Waals surface area contributed by atoms with Gasteiger partial charge in [0.25, 0.3) is 5.91 Å². The maximum absolute atomic E-state index is 13.9. The number of amides is 4. The number of hydrogen-bond donors (Lipinski definition) is 2. The zero-order valence-corrected chi connectivity index (χ0v) is 16.2. The molecule has 1 saturated heterocycles. The van der Waals surface area contributed by atoms with Gasteiger partial charge in [-0.15, -0.1) is 0 Å². The van der Waals surface area contributed by atoms with E-state index in [4.69, 9.17) is 16.0 Å². The predicted octanol–water partition coefficient (Wildman–Crippen LogP) is 1.86. The summed E-state index contributed by atoms with van der Waals surface area (Å²) in [6, 6.07) is 6.64. The molecular weight excluding hydrogens is 403 g/mol. The maximum Gasteiger partial charge on any atom is 0.321 e. The van der Waals surface area contributed by atoms with E-state index >= 15 is 0 Å². The molecule has 1 aliphatic rings. The first-order chi connectivity index (χ1) is 13.9. The number of hydrogen-bond acceptors (Lipinski definition) is 5. The normalized spacial score (nSPS) is 14.5. The van der Waals surface area contributed by atoms with Crippen LogP contribution >= 0.6 is 11.6 Å². The second-order valence-corrected chi connectivity index (χ2v) is 6.94. The Bertz CT molecular complexity index is 882. The number of carbonyl (C=O) groups excluding carboxylic acids is 3. The van der Waals surface area contributed by atoms with Crippen LogP contribution in [-0.4, -0.2) is 60.4 Å². The fourth-order valence-electron chi connectivity index (χ4n) is 2.93. The molecule has 2 heterocycles. The summed E-state index contributed by atoms with van der Waals surface area (Å²) in [5.74, 6) is -0.944. The Hall–Kier alpha value is -2.91. The Morgan fingerprint density at radius 3 is 2.59 bits per heavy atom. The van der Waals surface area contributed by atoms with Gasteiger partial charge in [-0.05, 0) is 30.3 Å². The summed E-state index contributed by atoms with van der Waals surface area (Å²) in [5, 5.41) is 5.05. The number of furan rings is 1. The molecule has 0 spiro atoms. The number of nitrogens with zero attached hydrogens (tertiary/aromatic N) is 2. The van der Waals surface area contributed by atoms with Gasteiger partial charge in [-0.2, -0.15) is 0 Å². The Balaban J connectivity index is 1.42. The minimum atomic E-state index is -0.623. The van der Waals surface area contributed by atoms with Gasteiger partial charge in [0, 0.05) is 31.2 Å². The van der Waals surface area contributed by atoms with E-state index in [-0.39, 0.29) is 23.7 Å². The lowest BCUT2D eigenvalue weighted by molar-refractivity contribution is -0.121. The number of halogens is 2. The van der Waals surface area contributed by atoms with Crippen LogP contribution in [0.15, 0.2) is 41.0 Å². The minimum Gasteiger partial charge on any atom is -0.467 e. The molecule has 1 aliphatic heterocycles. The van der Waals surface area contributed by atoms with Crippen LogP contribution in [-0.2, 0) is 11.3 Å². The zero-order chi connectivity index (χ0) is 20.8. The van der Waals surface area contributed by atoms with Crippen LogP contribution in [0.5, 0.6) is 0 Å². The molecule has 0 radical (unpaired) electrons. The second kappa shape index (κ2) is 9.53. The van der Waals surface area contributed by atoms with Crippen molar-refractivity contribution in [3.63, 3.8) is 0 Å². The summed E-state index contributed by atoms with van der Waals surface area (Å²) in [6.07, 6.45) is 1.49. The van der Waals surface area contributed by atoms with Crippen molar-refractivity contribution in [2.45, 2.75) is 6.54 Å². The molecule has 8 nitrogen and oxygen atoms in total. The van der Waals surface area contributed by atoms with Gasteiger partial charge in [-0.25, -0.2) is 9.18 Å². The standard InChI is InChI=1S/C19H20ClFN4O4/c20-13-3-4-16(21)15(10-13)18(27)25-7-5-24(6-8-25)12-17(26)23-19(28)22-11-14-2-1-9-29-14/h1-4,9-10H,5-8,11-12H2,(H2,22,23,26,28). The van der Waals surface area contributed by atoms with Crippen LogP contribution in [0, 0.1) is 5.82 Å². The van der Waals surface area contributed by atoms with Crippen molar-refractivity contribution in [3.8, 4) is 0 Å². The van der Waals surface area contributed by atoms with Crippen LogP contribution in [0.2, 0.25) is 5.02 Å². The number of piperazine rings is 1. The van der Waals surface area contributed by atoms with Crippen molar-refractivity contribution in [2.75, 3.05) is 32.7 Å². The van der Waals surface area contributed by atoms with Gasteiger partial charge in [0.2, 0.25) is 5.91 Å². The number of nitrogens with one attached hydrogen (secondary N) is 2. The highest BCUT2D eigenvalue weighted by Gasteiger charge is 2.25. The van der Waals surface area contributed by atoms with E-state index < -0.39 is 23.7 Å². The van der Waals surface area contributed by atoms with E-state index in [0.29, 0.717) is 31.9 Å². The third-order valence-electron chi connectivity index (χ3n) is 4.44. The van der Waals surface area contributed by atoms with Crippen molar-refractivity contribution < 1.29 is 23.2 Å². The summed E-state index contributed by atoms with van der Waals surface area (Å²) in [6.45, 7) is 1.71. The molecule has 10 heteroatoms. The highest BCUT2D eigenvalue weighted by atomic mass is 35.5. The van der Waals surface area contributed by atoms with E-state index in [0.717, 1.165) is 6.07 Å². The molecule has 29 heavy (non-hydrogen) atoms. The van der Waals surface area contributed by atoms with Crippen LogP contribution in [0.4, 0.5) is 9.18 Å². The second-order valence-electron chi connectivity index (χ2n) is 6.50. The third-order valence-corrected chi connectivity index (χ3v) is 4.68. The first-order valence-electron chi connectivity index (χ1n) is 8.99. The molecule has 3 rings (SSSR count). The number of imide groups is 1. The van der Waals surface area contributed by atoms with Gasteiger partial charge in [0.15, 0.2) is 0 Å². The summed E-state index contributed by atoms with van der Waals surface area (Å²) in [4.78, 5) is 39.6. The van der Waals surface area contributed by atoms with Crippen LogP contribution in [0.25, 0.3) is 0 Å². The summed E-state index contributed by atoms with van der Waals surface area (Å²) >= 11 is 5.85. The Morgan fingerprint density at radius 2 is 1.90 bits per heavy atom. The van der Waals surface area contributed by atoms with Crippen molar-refractivity contribution in [2.24, 2.45) is 0 Å². The van der Waals surface area contributed by atoms with Gasteiger partial charge in [0.05, 0.1) is 24.9 Å². The van der Waals surface area contributed by atoms with E-state index in [9.17, 15) is 18.8 Å². The number of carbonyl (C=O) groups is 3. The molecule has 0 bridgehead atoms. The summed E-state index contributed by atoms with van der Waals surface area (Å²) in [7, 11) is 0. The quantitative estimate of drug-likeness (QED) is 0.767. The van der Waals surface area contributed by atoms with E-state index in [1.807, 2.05) is 4.90 Å². The molecule has 0 saturated carbocycles. The molecule has 1 aromatic heterocycles. The average molecular weight is 423 g/mol. The first kappa shape index (κ1) is 20.8.